The molecule has 0 fully saturated rings. The number of carbonyl (C=O) groups is 1. The standard InChI is InChI=1S/C11H9N7O2/c12-10-9(16-20-17-10)11(19)15-7-2-3-8(13-6-7)18-5-1-4-14-18/h1-6H,(H2,12,17)(H,15,19). The van der Waals surface area contributed by atoms with Crippen molar-refractivity contribution in [1.29, 1.82) is 0 Å². The van der Waals surface area contributed by atoms with Gasteiger partial charge in [-0.25, -0.2) is 14.3 Å². The second-order valence-corrected chi connectivity index (χ2v) is 3.81. The largest absolute Gasteiger partial charge is 0.379 e. The van der Waals surface area contributed by atoms with Crippen molar-refractivity contribution >= 4 is 17.4 Å². The molecule has 3 aromatic rings. The van der Waals surface area contributed by atoms with Crippen LogP contribution in [0.25, 0.3) is 5.82 Å². The molecule has 0 aromatic carbocycles. The molecule has 3 N–H and O–H groups in total. The van der Waals surface area contributed by atoms with Gasteiger partial charge in [0.1, 0.15) is 0 Å². The molecule has 0 aliphatic carbocycles. The third-order valence-electron chi connectivity index (χ3n) is 2.47. The highest BCUT2D eigenvalue weighted by atomic mass is 16.6. The summed E-state index contributed by atoms with van der Waals surface area (Å²) in [5, 5.41) is 13.4. The summed E-state index contributed by atoms with van der Waals surface area (Å²) in [4.78, 5) is 16.0. The summed E-state index contributed by atoms with van der Waals surface area (Å²) in [6.45, 7) is 0. The number of pyridine rings is 1. The lowest BCUT2D eigenvalue weighted by Gasteiger charge is -2.04. The normalized spacial score (nSPS) is 10.4. The minimum absolute atomic E-state index is 0.0661. The second kappa shape index (κ2) is 4.80. The molecule has 0 bridgehead atoms. The molecule has 0 aliphatic heterocycles. The Morgan fingerprint density at radius 2 is 2.25 bits per heavy atom. The molecule has 3 heterocycles. The van der Waals surface area contributed by atoms with Crippen LogP contribution in [0.2, 0.25) is 0 Å². The van der Waals surface area contributed by atoms with Gasteiger partial charge in [-0.3, -0.25) is 4.79 Å². The monoisotopic (exact) mass is 271 g/mol. The van der Waals surface area contributed by atoms with E-state index in [2.05, 4.69) is 30.3 Å². The predicted octanol–water partition coefficient (Wildman–Crippen LogP) is 0.485. The Labute approximate surface area is 112 Å². The quantitative estimate of drug-likeness (QED) is 0.709. The summed E-state index contributed by atoms with van der Waals surface area (Å²) < 4.78 is 5.96. The van der Waals surface area contributed by atoms with E-state index < -0.39 is 5.91 Å². The van der Waals surface area contributed by atoms with Crippen LogP contribution in [0, 0.1) is 0 Å². The van der Waals surface area contributed by atoms with Crippen molar-refractivity contribution in [2.45, 2.75) is 0 Å². The van der Waals surface area contributed by atoms with Crippen molar-refractivity contribution in [3.05, 3.63) is 42.5 Å². The van der Waals surface area contributed by atoms with Crippen LogP contribution in [0.5, 0.6) is 0 Å². The van der Waals surface area contributed by atoms with Gasteiger partial charge in [0.2, 0.25) is 11.5 Å². The van der Waals surface area contributed by atoms with Crippen LogP contribution in [0.1, 0.15) is 10.5 Å². The molecule has 3 rings (SSSR count). The zero-order valence-electron chi connectivity index (χ0n) is 10.1. The first-order valence-corrected chi connectivity index (χ1v) is 5.59. The highest BCUT2D eigenvalue weighted by Gasteiger charge is 2.16. The number of hydrogen-bond donors (Lipinski definition) is 2. The number of rotatable bonds is 3. The van der Waals surface area contributed by atoms with E-state index >= 15 is 0 Å². The van der Waals surface area contributed by atoms with E-state index in [1.807, 2.05) is 0 Å². The first-order chi connectivity index (χ1) is 9.74. The number of aromatic nitrogens is 5. The first-order valence-electron chi connectivity index (χ1n) is 5.59. The SMILES string of the molecule is Nc1nonc1C(=O)Nc1ccc(-n2cccn2)nc1. The van der Waals surface area contributed by atoms with E-state index in [1.165, 1.54) is 6.20 Å². The molecule has 0 unspecified atom stereocenters. The predicted molar refractivity (Wildman–Crippen MR) is 68.0 cm³/mol. The number of anilines is 2. The van der Waals surface area contributed by atoms with Crippen molar-refractivity contribution < 1.29 is 9.42 Å². The lowest BCUT2D eigenvalue weighted by molar-refractivity contribution is 0.101. The Balaban J connectivity index is 1.76. The van der Waals surface area contributed by atoms with E-state index in [0.717, 1.165) is 0 Å². The Bertz CT molecular complexity index is 718. The van der Waals surface area contributed by atoms with Crippen molar-refractivity contribution in [3.63, 3.8) is 0 Å². The Hall–Kier alpha value is -3.23. The topological polar surface area (TPSA) is 125 Å². The van der Waals surface area contributed by atoms with Gasteiger partial charge in [0.25, 0.3) is 5.91 Å². The van der Waals surface area contributed by atoms with Crippen LogP contribution >= 0.6 is 0 Å². The van der Waals surface area contributed by atoms with Crippen molar-refractivity contribution in [3.8, 4) is 5.82 Å². The van der Waals surface area contributed by atoms with E-state index in [4.69, 9.17) is 5.73 Å². The lowest BCUT2D eigenvalue weighted by atomic mass is 10.3. The van der Waals surface area contributed by atoms with E-state index in [1.54, 1.807) is 35.3 Å². The van der Waals surface area contributed by atoms with E-state index in [9.17, 15) is 4.79 Å². The zero-order valence-corrected chi connectivity index (χ0v) is 10.1. The van der Waals surface area contributed by atoms with Crippen molar-refractivity contribution in [2.24, 2.45) is 0 Å². The van der Waals surface area contributed by atoms with Gasteiger partial charge in [0.05, 0.1) is 11.9 Å². The number of nitrogens with two attached hydrogens (primary N) is 1. The number of hydrogen-bond acceptors (Lipinski definition) is 7. The van der Waals surface area contributed by atoms with Crippen molar-refractivity contribution in [1.82, 2.24) is 25.1 Å². The number of nitrogens with one attached hydrogen (secondary N) is 1. The minimum atomic E-state index is -0.516. The second-order valence-electron chi connectivity index (χ2n) is 3.81. The zero-order chi connectivity index (χ0) is 13.9. The van der Waals surface area contributed by atoms with Crippen LogP contribution in [0.3, 0.4) is 0 Å². The Morgan fingerprint density at radius 1 is 1.35 bits per heavy atom. The van der Waals surface area contributed by atoms with Gasteiger partial charge in [-0.2, -0.15) is 5.10 Å². The molecule has 0 aliphatic rings. The van der Waals surface area contributed by atoms with Gasteiger partial charge >= 0.3 is 0 Å². The molecule has 0 saturated carbocycles. The maximum atomic E-state index is 11.8. The molecule has 9 heteroatoms. The fourth-order valence-electron chi connectivity index (χ4n) is 1.54. The van der Waals surface area contributed by atoms with Crippen LogP contribution in [-0.4, -0.2) is 31.0 Å². The van der Waals surface area contributed by atoms with E-state index in [-0.39, 0.29) is 11.5 Å². The Morgan fingerprint density at radius 3 is 2.85 bits per heavy atom. The number of carbonyl (C=O) groups excluding carboxylic acids is 1. The molecule has 9 nitrogen and oxygen atoms in total. The summed E-state index contributed by atoms with van der Waals surface area (Å²) in [5.41, 5.74) is 5.85. The maximum absolute atomic E-state index is 11.8. The molecular formula is C11H9N7O2. The maximum Gasteiger partial charge on any atom is 0.281 e. The lowest BCUT2D eigenvalue weighted by Crippen LogP contribution is -2.14. The summed E-state index contributed by atoms with van der Waals surface area (Å²) in [5.74, 6) is 0.0524. The molecule has 0 atom stereocenters. The molecule has 0 radical (unpaired) electrons. The van der Waals surface area contributed by atoms with Crippen molar-refractivity contribution in [2.75, 3.05) is 11.1 Å². The molecule has 100 valence electrons. The number of nitrogens with zero attached hydrogens (tertiary/aromatic N) is 5. The number of nitrogen functional groups attached to an aromatic ring is 1. The van der Waals surface area contributed by atoms with E-state index in [0.29, 0.717) is 11.5 Å². The smallest absolute Gasteiger partial charge is 0.281 e. The Kier molecular flexibility index (Phi) is 2.84. The highest BCUT2D eigenvalue weighted by Crippen LogP contribution is 2.12. The average molecular weight is 271 g/mol. The first kappa shape index (κ1) is 11.8. The van der Waals surface area contributed by atoms with Gasteiger partial charge in [-0.05, 0) is 28.5 Å². The summed E-state index contributed by atoms with van der Waals surface area (Å²) in [6, 6.07) is 5.19. The highest BCUT2D eigenvalue weighted by molar-refractivity contribution is 6.05. The summed E-state index contributed by atoms with van der Waals surface area (Å²) in [7, 11) is 0. The third kappa shape index (κ3) is 2.19. The summed E-state index contributed by atoms with van der Waals surface area (Å²) in [6.07, 6.45) is 4.92. The fourth-order valence-corrected chi connectivity index (χ4v) is 1.54. The number of amides is 1. The van der Waals surface area contributed by atoms with Crippen LogP contribution in [0.15, 0.2) is 41.4 Å². The van der Waals surface area contributed by atoms with Crippen LogP contribution < -0.4 is 11.1 Å². The average Bonchev–Trinajstić information content (AvgIpc) is 3.10. The molecule has 20 heavy (non-hydrogen) atoms. The van der Waals surface area contributed by atoms with Crippen LogP contribution in [0.4, 0.5) is 11.5 Å². The van der Waals surface area contributed by atoms with Crippen LogP contribution in [-0.2, 0) is 0 Å². The minimum Gasteiger partial charge on any atom is -0.379 e. The van der Waals surface area contributed by atoms with Gasteiger partial charge in [0.15, 0.2) is 5.82 Å². The van der Waals surface area contributed by atoms with Gasteiger partial charge in [-0.15, -0.1) is 0 Å². The molecule has 0 saturated heterocycles. The fraction of sp³-hybridized carbons (Fsp3) is 0. The molecule has 1 amide bonds. The van der Waals surface area contributed by atoms with Gasteiger partial charge < -0.3 is 11.1 Å². The molecular weight excluding hydrogens is 262 g/mol. The van der Waals surface area contributed by atoms with Gasteiger partial charge in [-0.1, -0.05) is 0 Å². The third-order valence-corrected chi connectivity index (χ3v) is 2.47. The van der Waals surface area contributed by atoms with Gasteiger partial charge in [0, 0.05) is 12.4 Å². The summed E-state index contributed by atoms with van der Waals surface area (Å²) >= 11 is 0. The molecule has 3 aromatic heterocycles. The molecule has 0 spiro atoms.